The van der Waals surface area contributed by atoms with Gasteiger partial charge in [0.1, 0.15) is 5.58 Å². The molecule has 0 unspecified atom stereocenters. The zero-order valence-corrected chi connectivity index (χ0v) is 14.6. The topological polar surface area (TPSA) is 70.8 Å². The Balaban J connectivity index is 1.93. The Labute approximate surface area is 142 Å². The Bertz CT molecular complexity index is 782. The fraction of sp³-hybridized carbons (Fsp3) is 0.412. The van der Waals surface area contributed by atoms with Crippen molar-refractivity contribution < 1.29 is 19.1 Å². The molecule has 3 rings (SSSR count). The van der Waals surface area contributed by atoms with E-state index in [4.69, 9.17) is 4.42 Å². The molecule has 1 aliphatic rings. The summed E-state index contributed by atoms with van der Waals surface area (Å²) in [6.45, 7) is 4.32. The van der Waals surface area contributed by atoms with Gasteiger partial charge in [-0.1, -0.05) is 0 Å². The van der Waals surface area contributed by atoms with E-state index in [1.807, 2.05) is 19.1 Å². The van der Waals surface area contributed by atoms with Gasteiger partial charge in [0.05, 0.1) is 10.4 Å². The Morgan fingerprint density at radius 2 is 2.09 bits per heavy atom. The van der Waals surface area contributed by atoms with Crippen LogP contribution in [0, 0.1) is 12.8 Å². The van der Waals surface area contributed by atoms with Gasteiger partial charge < -0.3 is 14.4 Å². The van der Waals surface area contributed by atoms with Crippen LogP contribution in [-0.4, -0.2) is 34.5 Å². The number of carbonyl (C=O) groups is 2. The molecule has 122 valence electrons. The van der Waals surface area contributed by atoms with Crippen molar-refractivity contribution in [3.05, 3.63) is 34.0 Å². The molecule has 0 radical (unpaired) electrons. The van der Waals surface area contributed by atoms with E-state index in [1.165, 1.54) is 0 Å². The molecule has 0 saturated carbocycles. The number of furan rings is 1. The summed E-state index contributed by atoms with van der Waals surface area (Å²) in [5.74, 6) is -1.36. The van der Waals surface area contributed by atoms with Crippen LogP contribution in [0.3, 0.4) is 0 Å². The smallest absolute Gasteiger partial charge is 0.308 e. The highest BCUT2D eigenvalue weighted by atomic mass is 79.9. The standard InChI is InChI=1S/C17H18BrNO4/c1-9-6-11-8-14(23-15(11)13(18)7-9)16(20)19-5-3-4-12(10(19)2)17(21)22/h6-8,10,12H,3-5H2,1-2H3,(H,21,22)/t10-,12-/m1/s1. The van der Waals surface area contributed by atoms with Gasteiger partial charge in [0.25, 0.3) is 5.91 Å². The molecule has 23 heavy (non-hydrogen) atoms. The zero-order valence-electron chi connectivity index (χ0n) is 13.0. The first-order valence-electron chi connectivity index (χ1n) is 7.62. The number of fused-ring (bicyclic) bond motifs is 1. The largest absolute Gasteiger partial charge is 0.481 e. The molecule has 1 aromatic carbocycles. The molecule has 6 heteroatoms. The number of amides is 1. The number of aliphatic carboxylic acids is 1. The second-order valence-corrected chi connectivity index (χ2v) is 6.96. The monoisotopic (exact) mass is 379 g/mol. The fourth-order valence-electron chi connectivity index (χ4n) is 3.26. The Hall–Kier alpha value is -1.82. The Morgan fingerprint density at radius 1 is 1.35 bits per heavy atom. The van der Waals surface area contributed by atoms with Gasteiger partial charge in [-0.2, -0.15) is 0 Å². The van der Waals surface area contributed by atoms with Crippen LogP contribution in [0.2, 0.25) is 0 Å². The van der Waals surface area contributed by atoms with E-state index in [0.717, 1.165) is 15.4 Å². The first kappa shape index (κ1) is 16.1. The lowest BCUT2D eigenvalue weighted by molar-refractivity contribution is -0.145. The van der Waals surface area contributed by atoms with Gasteiger partial charge in [-0.15, -0.1) is 0 Å². The number of rotatable bonds is 2. The van der Waals surface area contributed by atoms with E-state index in [1.54, 1.807) is 17.9 Å². The fourth-order valence-corrected chi connectivity index (χ4v) is 3.93. The van der Waals surface area contributed by atoms with Crippen molar-refractivity contribution in [1.82, 2.24) is 4.90 Å². The normalized spacial score (nSPS) is 21.6. The van der Waals surface area contributed by atoms with Crippen LogP contribution < -0.4 is 0 Å². The van der Waals surface area contributed by atoms with E-state index in [-0.39, 0.29) is 17.7 Å². The lowest BCUT2D eigenvalue weighted by Crippen LogP contribution is -2.49. The molecule has 2 heterocycles. The van der Waals surface area contributed by atoms with E-state index in [2.05, 4.69) is 15.9 Å². The van der Waals surface area contributed by atoms with Crippen LogP contribution in [0.5, 0.6) is 0 Å². The van der Waals surface area contributed by atoms with Crippen molar-refractivity contribution >= 4 is 38.8 Å². The van der Waals surface area contributed by atoms with Crippen molar-refractivity contribution in [2.45, 2.75) is 32.7 Å². The first-order valence-corrected chi connectivity index (χ1v) is 8.41. The molecule has 1 saturated heterocycles. The Kier molecular flexibility index (Phi) is 4.19. The molecule has 5 nitrogen and oxygen atoms in total. The number of carboxylic acid groups (broad SMARTS) is 1. The van der Waals surface area contributed by atoms with Crippen LogP contribution in [0.15, 0.2) is 27.1 Å². The van der Waals surface area contributed by atoms with Crippen LogP contribution >= 0.6 is 15.9 Å². The van der Waals surface area contributed by atoms with E-state index in [0.29, 0.717) is 25.0 Å². The lowest BCUT2D eigenvalue weighted by atomic mass is 9.90. The SMILES string of the molecule is Cc1cc(Br)c2oc(C(=O)N3CCC[C@@H](C(=O)O)[C@H]3C)cc2c1. The van der Waals surface area contributed by atoms with Crippen LogP contribution in [0.25, 0.3) is 11.0 Å². The molecule has 0 spiro atoms. The minimum Gasteiger partial charge on any atom is -0.481 e. The average Bonchev–Trinajstić information content (AvgIpc) is 2.90. The van der Waals surface area contributed by atoms with E-state index in [9.17, 15) is 14.7 Å². The number of carbonyl (C=O) groups excluding carboxylic acids is 1. The van der Waals surface area contributed by atoms with Gasteiger partial charge in [-0.3, -0.25) is 9.59 Å². The van der Waals surface area contributed by atoms with Gasteiger partial charge in [0.15, 0.2) is 5.76 Å². The highest BCUT2D eigenvalue weighted by molar-refractivity contribution is 9.10. The van der Waals surface area contributed by atoms with E-state index >= 15 is 0 Å². The van der Waals surface area contributed by atoms with Crippen molar-refractivity contribution in [3.8, 4) is 0 Å². The number of aryl methyl sites for hydroxylation is 1. The highest BCUT2D eigenvalue weighted by Gasteiger charge is 2.36. The number of halogens is 1. The molecule has 2 atom stereocenters. The van der Waals surface area contributed by atoms with Gasteiger partial charge in [0, 0.05) is 18.0 Å². The molecule has 1 aromatic heterocycles. The third-order valence-corrected chi connectivity index (χ3v) is 5.08. The van der Waals surface area contributed by atoms with Crippen molar-refractivity contribution in [2.75, 3.05) is 6.54 Å². The molecule has 2 aromatic rings. The minimum atomic E-state index is -0.849. The van der Waals surface area contributed by atoms with Gasteiger partial charge >= 0.3 is 5.97 Å². The summed E-state index contributed by atoms with van der Waals surface area (Å²) in [5.41, 5.74) is 1.71. The van der Waals surface area contributed by atoms with Gasteiger partial charge in [-0.05, 0) is 66.4 Å². The minimum absolute atomic E-state index is 0.246. The third kappa shape index (κ3) is 2.87. The average molecular weight is 380 g/mol. The molecule has 1 aliphatic heterocycles. The van der Waals surface area contributed by atoms with Crippen LogP contribution in [-0.2, 0) is 4.79 Å². The maximum Gasteiger partial charge on any atom is 0.308 e. The highest BCUT2D eigenvalue weighted by Crippen LogP contribution is 2.31. The number of nitrogens with zero attached hydrogens (tertiary/aromatic N) is 1. The first-order chi connectivity index (χ1) is 10.9. The second-order valence-electron chi connectivity index (χ2n) is 6.10. The van der Waals surface area contributed by atoms with Crippen molar-refractivity contribution in [3.63, 3.8) is 0 Å². The summed E-state index contributed by atoms with van der Waals surface area (Å²) in [6, 6.07) is 5.28. The Morgan fingerprint density at radius 3 is 2.78 bits per heavy atom. The number of likely N-dealkylation sites (tertiary alicyclic amines) is 1. The summed E-state index contributed by atoms with van der Waals surface area (Å²) < 4.78 is 6.53. The number of hydrogen-bond donors (Lipinski definition) is 1. The number of piperidine rings is 1. The number of hydrogen-bond acceptors (Lipinski definition) is 3. The maximum atomic E-state index is 12.8. The quantitative estimate of drug-likeness (QED) is 0.860. The summed E-state index contributed by atoms with van der Waals surface area (Å²) in [4.78, 5) is 25.7. The molecule has 1 amide bonds. The molecule has 0 bridgehead atoms. The summed E-state index contributed by atoms with van der Waals surface area (Å²) in [7, 11) is 0. The van der Waals surface area contributed by atoms with Crippen molar-refractivity contribution in [1.29, 1.82) is 0 Å². The maximum absolute atomic E-state index is 12.8. The summed E-state index contributed by atoms with van der Waals surface area (Å²) >= 11 is 3.45. The second kappa shape index (κ2) is 6.00. The number of benzene rings is 1. The van der Waals surface area contributed by atoms with Crippen molar-refractivity contribution in [2.24, 2.45) is 5.92 Å². The van der Waals surface area contributed by atoms with Crippen LogP contribution in [0.1, 0.15) is 35.9 Å². The molecular formula is C17H18BrNO4. The molecule has 0 aliphatic carbocycles. The lowest BCUT2D eigenvalue weighted by Gasteiger charge is -2.36. The third-order valence-electron chi connectivity index (χ3n) is 4.49. The van der Waals surface area contributed by atoms with Crippen LogP contribution in [0.4, 0.5) is 0 Å². The van der Waals surface area contributed by atoms with Gasteiger partial charge in [0.2, 0.25) is 0 Å². The molecule has 1 fully saturated rings. The summed E-state index contributed by atoms with van der Waals surface area (Å²) in [5, 5.41) is 10.2. The predicted molar refractivity (Wildman–Crippen MR) is 89.5 cm³/mol. The number of carboxylic acids is 1. The summed E-state index contributed by atoms with van der Waals surface area (Å²) in [6.07, 6.45) is 1.29. The molecular weight excluding hydrogens is 362 g/mol. The molecule has 1 N–H and O–H groups in total. The van der Waals surface area contributed by atoms with E-state index < -0.39 is 11.9 Å². The van der Waals surface area contributed by atoms with Gasteiger partial charge in [-0.25, -0.2) is 0 Å². The predicted octanol–water partition coefficient (Wildman–Crippen LogP) is 3.83. The zero-order chi connectivity index (χ0) is 16.7.